The molecule has 0 unspecified atom stereocenters. The molecule has 0 saturated carbocycles. The summed E-state index contributed by atoms with van der Waals surface area (Å²) in [6.07, 6.45) is 0. The van der Waals surface area contributed by atoms with Gasteiger partial charge in [-0.2, -0.15) is 5.10 Å². The Hall–Kier alpha value is -1.81. The number of hydrogen-bond donors (Lipinski definition) is 0. The third kappa shape index (κ3) is 1.92. The Labute approximate surface area is 97.1 Å². The Morgan fingerprint density at radius 3 is 2.56 bits per heavy atom. The van der Waals surface area contributed by atoms with E-state index in [1.807, 2.05) is 0 Å². The lowest BCUT2D eigenvalue weighted by atomic mass is 10.3. The number of nitrogens with zero attached hydrogens (tertiary/aromatic N) is 2. The first-order valence-electron chi connectivity index (χ1n) is 4.62. The number of halogens is 1. The lowest BCUT2D eigenvalue weighted by Crippen LogP contribution is -2.25. The molecule has 0 fully saturated rings. The van der Waals surface area contributed by atoms with Crippen molar-refractivity contribution in [3.8, 4) is 5.69 Å². The summed E-state index contributed by atoms with van der Waals surface area (Å²) in [6.45, 7) is 1.72. The second-order valence-corrected chi connectivity index (χ2v) is 3.78. The van der Waals surface area contributed by atoms with Crippen molar-refractivity contribution >= 4 is 17.6 Å². The predicted molar refractivity (Wildman–Crippen MR) is 57.6 cm³/mol. The third-order valence-corrected chi connectivity index (χ3v) is 2.36. The molecule has 0 spiro atoms. The van der Waals surface area contributed by atoms with Crippen molar-refractivity contribution in [1.29, 1.82) is 0 Å². The van der Waals surface area contributed by atoms with Crippen LogP contribution in [0.1, 0.15) is 16.2 Å². The first kappa shape index (κ1) is 10.7. The number of carboxylic acids is 1. The van der Waals surface area contributed by atoms with Crippen LogP contribution >= 0.6 is 11.6 Å². The maximum atomic E-state index is 10.9. The normalized spacial score (nSPS) is 10.4. The van der Waals surface area contributed by atoms with Gasteiger partial charge in [0.15, 0.2) is 0 Å². The standard InChI is InChI=1S/C11H9ClN2O2/c1-7-6-10(11(15)16)14(13-7)9-4-2-8(12)3-5-9/h2-6H,1H3,(H,15,16)/p-1. The summed E-state index contributed by atoms with van der Waals surface area (Å²) in [6, 6.07) is 8.20. The fourth-order valence-corrected chi connectivity index (χ4v) is 1.55. The lowest BCUT2D eigenvalue weighted by molar-refractivity contribution is -0.255. The van der Waals surface area contributed by atoms with Crippen LogP contribution in [0.4, 0.5) is 0 Å². The highest BCUT2D eigenvalue weighted by Gasteiger charge is 2.07. The molecule has 0 N–H and O–H groups in total. The molecule has 0 aliphatic rings. The zero-order chi connectivity index (χ0) is 11.7. The van der Waals surface area contributed by atoms with Gasteiger partial charge in [0.05, 0.1) is 23.0 Å². The molecule has 0 aliphatic heterocycles. The van der Waals surface area contributed by atoms with E-state index < -0.39 is 5.97 Å². The highest BCUT2D eigenvalue weighted by atomic mass is 35.5. The minimum absolute atomic E-state index is 0.0276. The van der Waals surface area contributed by atoms with Gasteiger partial charge >= 0.3 is 0 Å². The Morgan fingerprint density at radius 1 is 1.38 bits per heavy atom. The molecular weight excluding hydrogens is 228 g/mol. The fourth-order valence-electron chi connectivity index (χ4n) is 1.42. The van der Waals surface area contributed by atoms with Gasteiger partial charge in [-0.05, 0) is 37.3 Å². The molecule has 4 nitrogen and oxygen atoms in total. The highest BCUT2D eigenvalue weighted by molar-refractivity contribution is 6.30. The molecule has 0 radical (unpaired) electrons. The molecule has 5 heteroatoms. The van der Waals surface area contributed by atoms with Crippen molar-refractivity contribution in [3.63, 3.8) is 0 Å². The van der Waals surface area contributed by atoms with Gasteiger partial charge < -0.3 is 9.90 Å². The predicted octanol–water partition coefficient (Wildman–Crippen LogP) is 1.20. The average molecular weight is 236 g/mol. The van der Waals surface area contributed by atoms with Gasteiger partial charge in [-0.1, -0.05) is 11.6 Å². The van der Waals surface area contributed by atoms with E-state index in [1.54, 1.807) is 31.2 Å². The van der Waals surface area contributed by atoms with Crippen LogP contribution in [0.2, 0.25) is 5.02 Å². The quantitative estimate of drug-likeness (QED) is 0.786. The summed E-state index contributed by atoms with van der Waals surface area (Å²) in [5.74, 6) is -1.25. The SMILES string of the molecule is Cc1cc(C(=O)[O-])n(-c2ccc(Cl)cc2)n1. The second-order valence-electron chi connectivity index (χ2n) is 3.35. The largest absolute Gasteiger partial charge is 0.543 e. The average Bonchev–Trinajstić information content (AvgIpc) is 2.61. The van der Waals surface area contributed by atoms with Crippen molar-refractivity contribution in [2.75, 3.05) is 0 Å². The Morgan fingerprint density at radius 2 is 2.00 bits per heavy atom. The van der Waals surface area contributed by atoms with E-state index in [-0.39, 0.29) is 5.69 Å². The number of carbonyl (C=O) groups is 1. The molecule has 2 aromatic rings. The third-order valence-electron chi connectivity index (χ3n) is 2.11. The van der Waals surface area contributed by atoms with Crippen LogP contribution in [0.3, 0.4) is 0 Å². The molecule has 1 aromatic heterocycles. The van der Waals surface area contributed by atoms with E-state index in [4.69, 9.17) is 11.6 Å². The molecule has 82 valence electrons. The molecule has 0 amide bonds. The Kier molecular flexibility index (Phi) is 2.66. The highest BCUT2D eigenvalue weighted by Crippen LogP contribution is 2.15. The smallest absolute Gasteiger partial charge is 0.0901 e. The van der Waals surface area contributed by atoms with Crippen molar-refractivity contribution in [2.45, 2.75) is 6.92 Å². The summed E-state index contributed by atoms with van der Waals surface area (Å²) >= 11 is 5.75. The van der Waals surface area contributed by atoms with Gasteiger partial charge in [-0.3, -0.25) is 0 Å². The van der Waals surface area contributed by atoms with E-state index in [0.29, 0.717) is 16.4 Å². The van der Waals surface area contributed by atoms with Crippen LogP contribution in [0.5, 0.6) is 0 Å². The summed E-state index contributed by atoms with van der Waals surface area (Å²) in [5, 5.41) is 15.5. The minimum atomic E-state index is -1.25. The number of aromatic carboxylic acids is 1. The lowest BCUT2D eigenvalue weighted by Gasteiger charge is -2.07. The number of carbonyl (C=O) groups excluding carboxylic acids is 1. The maximum absolute atomic E-state index is 10.9. The van der Waals surface area contributed by atoms with E-state index in [9.17, 15) is 9.90 Å². The van der Waals surface area contributed by atoms with E-state index in [1.165, 1.54) is 10.7 Å². The first-order chi connectivity index (χ1) is 7.58. The summed E-state index contributed by atoms with van der Waals surface area (Å²) < 4.78 is 1.32. The fraction of sp³-hybridized carbons (Fsp3) is 0.0909. The molecule has 0 aliphatic carbocycles. The molecule has 16 heavy (non-hydrogen) atoms. The van der Waals surface area contributed by atoms with Crippen molar-refractivity contribution in [2.24, 2.45) is 0 Å². The number of benzene rings is 1. The number of carboxylic acid groups (broad SMARTS) is 1. The van der Waals surface area contributed by atoms with Gasteiger partial charge in [0.2, 0.25) is 0 Å². The van der Waals surface area contributed by atoms with Gasteiger partial charge in [-0.15, -0.1) is 0 Å². The number of aryl methyl sites for hydroxylation is 1. The van der Waals surface area contributed by atoms with Crippen molar-refractivity contribution in [1.82, 2.24) is 9.78 Å². The summed E-state index contributed by atoms with van der Waals surface area (Å²) in [4.78, 5) is 10.9. The topological polar surface area (TPSA) is 57.9 Å². The maximum Gasteiger partial charge on any atom is 0.0901 e. The Balaban J connectivity index is 2.55. The zero-order valence-electron chi connectivity index (χ0n) is 8.48. The van der Waals surface area contributed by atoms with E-state index in [2.05, 4.69) is 5.10 Å². The van der Waals surface area contributed by atoms with Crippen LogP contribution in [0.15, 0.2) is 30.3 Å². The van der Waals surface area contributed by atoms with Gasteiger partial charge in [-0.25, -0.2) is 4.68 Å². The number of aromatic nitrogens is 2. The molecule has 1 aromatic carbocycles. The molecule has 0 saturated heterocycles. The summed E-state index contributed by atoms with van der Waals surface area (Å²) in [7, 11) is 0. The van der Waals surface area contributed by atoms with Crippen LogP contribution < -0.4 is 5.11 Å². The molecule has 1 heterocycles. The first-order valence-corrected chi connectivity index (χ1v) is 4.99. The van der Waals surface area contributed by atoms with Crippen molar-refractivity contribution in [3.05, 3.63) is 46.7 Å². The molecular formula is C11H8ClN2O2-. The van der Waals surface area contributed by atoms with Gasteiger partial charge in [0.1, 0.15) is 0 Å². The van der Waals surface area contributed by atoms with Crippen LogP contribution in [0, 0.1) is 6.92 Å². The minimum Gasteiger partial charge on any atom is -0.543 e. The van der Waals surface area contributed by atoms with E-state index in [0.717, 1.165) is 0 Å². The van der Waals surface area contributed by atoms with Crippen LogP contribution in [-0.2, 0) is 0 Å². The number of rotatable bonds is 2. The summed E-state index contributed by atoms with van der Waals surface area (Å²) in [5.41, 5.74) is 1.28. The molecule has 0 bridgehead atoms. The Bertz CT molecular complexity index is 531. The van der Waals surface area contributed by atoms with Crippen LogP contribution in [0.25, 0.3) is 5.69 Å². The van der Waals surface area contributed by atoms with Crippen LogP contribution in [-0.4, -0.2) is 15.7 Å². The van der Waals surface area contributed by atoms with Gasteiger partial charge in [0, 0.05) is 5.02 Å². The van der Waals surface area contributed by atoms with E-state index >= 15 is 0 Å². The number of hydrogen-bond acceptors (Lipinski definition) is 3. The van der Waals surface area contributed by atoms with Gasteiger partial charge in [0.25, 0.3) is 0 Å². The molecule has 2 rings (SSSR count). The monoisotopic (exact) mass is 235 g/mol. The molecule has 0 atom stereocenters. The second kappa shape index (κ2) is 3.98. The van der Waals surface area contributed by atoms with Crippen molar-refractivity contribution < 1.29 is 9.90 Å². The zero-order valence-corrected chi connectivity index (χ0v) is 9.23.